The average Bonchev–Trinajstić information content (AvgIpc) is 2.82. The van der Waals surface area contributed by atoms with Gasteiger partial charge in [-0.15, -0.1) is 0 Å². The van der Waals surface area contributed by atoms with Gasteiger partial charge in [-0.05, 0) is 61.8 Å². The SMILES string of the molecule is Cc1ccccc1CNC(=O)NCC1CCC(Nc2nc(N(C)C)c3ccccc3n2)CC1. The van der Waals surface area contributed by atoms with Gasteiger partial charge < -0.3 is 20.9 Å². The van der Waals surface area contributed by atoms with Gasteiger partial charge in [0.05, 0.1) is 5.52 Å². The van der Waals surface area contributed by atoms with E-state index in [2.05, 4.69) is 35.0 Å². The van der Waals surface area contributed by atoms with Crippen molar-refractivity contribution in [2.24, 2.45) is 5.92 Å². The summed E-state index contributed by atoms with van der Waals surface area (Å²) in [4.78, 5) is 23.7. The number of amides is 2. The van der Waals surface area contributed by atoms with Crippen LogP contribution in [-0.2, 0) is 6.54 Å². The fraction of sp³-hybridized carbons (Fsp3) is 0.423. The van der Waals surface area contributed by atoms with Gasteiger partial charge in [-0.3, -0.25) is 0 Å². The molecule has 7 nitrogen and oxygen atoms in total. The number of nitrogens with zero attached hydrogens (tertiary/aromatic N) is 3. The second-order valence-corrected chi connectivity index (χ2v) is 9.13. The highest BCUT2D eigenvalue weighted by atomic mass is 16.2. The first-order chi connectivity index (χ1) is 16.0. The summed E-state index contributed by atoms with van der Waals surface area (Å²) in [5.74, 6) is 2.12. The molecule has 4 rings (SSSR count). The third-order valence-electron chi connectivity index (χ3n) is 6.44. The van der Waals surface area contributed by atoms with Crippen molar-refractivity contribution >= 4 is 28.7 Å². The summed E-state index contributed by atoms with van der Waals surface area (Å²) in [6.45, 7) is 3.32. The van der Waals surface area contributed by atoms with Crippen LogP contribution in [0, 0.1) is 12.8 Å². The van der Waals surface area contributed by atoms with Crippen LogP contribution in [0.25, 0.3) is 10.9 Å². The number of para-hydroxylation sites is 1. The number of rotatable bonds is 7. The van der Waals surface area contributed by atoms with Crippen LogP contribution >= 0.6 is 0 Å². The first kappa shape index (κ1) is 22.8. The lowest BCUT2D eigenvalue weighted by atomic mass is 9.86. The van der Waals surface area contributed by atoms with Crippen LogP contribution in [0.1, 0.15) is 36.8 Å². The zero-order valence-corrected chi connectivity index (χ0v) is 19.8. The molecule has 33 heavy (non-hydrogen) atoms. The standard InChI is InChI=1S/C26H34N6O/c1-18-8-4-5-9-20(18)17-28-26(33)27-16-19-12-14-21(15-13-19)29-25-30-23-11-7-6-10-22(23)24(31-25)32(2)3/h4-11,19,21H,12-17H2,1-3H3,(H2,27,28,33)(H,29,30,31). The van der Waals surface area contributed by atoms with E-state index < -0.39 is 0 Å². The Hall–Kier alpha value is -3.35. The Morgan fingerprint density at radius 2 is 1.70 bits per heavy atom. The summed E-state index contributed by atoms with van der Waals surface area (Å²) in [5.41, 5.74) is 3.29. The lowest BCUT2D eigenvalue weighted by molar-refractivity contribution is 0.235. The molecule has 1 saturated carbocycles. The number of urea groups is 1. The van der Waals surface area contributed by atoms with Gasteiger partial charge in [0.1, 0.15) is 5.82 Å². The molecular weight excluding hydrogens is 412 g/mol. The Kier molecular flexibility index (Phi) is 7.27. The number of hydrogen-bond donors (Lipinski definition) is 3. The molecule has 0 spiro atoms. The van der Waals surface area contributed by atoms with Crippen molar-refractivity contribution in [1.29, 1.82) is 0 Å². The van der Waals surface area contributed by atoms with Gasteiger partial charge in [-0.2, -0.15) is 4.98 Å². The predicted octanol–water partition coefficient (Wildman–Crippen LogP) is 4.47. The Balaban J connectivity index is 1.24. The quantitative estimate of drug-likeness (QED) is 0.499. The van der Waals surface area contributed by atoms with Gasteiger partial charge in [0.15, 0.2) is 0 Å². The Morgan fingerprint density at radius 1 is 0.970 bits per heavy atom. The molecular formula is C26H34N6O. The van der Waals surface area contributed by atoms with Crippen LogP contribution in [0.3, 0.4) is 0 Å². The van der Waals surface area contributed by atoms with Gasteiger partial charge in [-0.25, -0.2) is 9.78 Å². The molecule has 1 aromatic heterocycles. The summed E-state index contributed by atoms with van der Waals surface area (Å²) >= 11 is 0. The summed E-state index contributed by atoms with van der Waals surface area (Å²) in [7, 11) is 4.02. The average molecular weight is 447 g/mol. The van der Waals surface area contributed by atoms with E-state index in [4.69, 9.17) is 9.97 Å². The van der Waals surface area contributed by atoms with Crippen LogP contribution in [0.15, 0.2) is 48.5 Å². The summed E-state index contributed by atoms with van der Waals surface area (Å²) in [6.07, 6.45) is 4.24. The molecule has 0 bridgehead atoms. The van der Waals surface area contributed by atoms with Gasteiger partial charge in [0, 0.05) is 38.6 Å². The monoisotopic (exact) mass is 446 g/mol. The van der Waals surface area contributed by atoms with Crippen LogP contribution in [0.2, 0.25) is 0 Å². The van der Waals surface area contributed by atoms with Crippen LogP contribution < -0.4 is 20.9 Å². The van der Waals surface area contributed by atoms with E-state index in [0.717, 1.165) is 48.0 Å². The Labute approximate surface area is 196 Å². The molecule has 7 heteroatoms. The molecule has 1 aliphatic rings. The number of hydrogen-bond acceptors (Lipinski definition) is 5. The van der Waals surface area contributed by atoms with E-state index in [-0.39, 0.29) is 6.03 Å². The highest BCUT2D eigenvalue weighted by Crippen LogP contribution is 2.28. The lowest BCUT2D eigenvalue weighted by Crippen LogP contribution is -2.39. The van der Waals surface area contributed by atoms with Gasteiger partial charge >= 0.3 is 6.03 Å². The molecule has 1 fully saturated rings. The Bertz CT molecular complexity index is 1090. The van der Waals surface area contributed by atoms with Crippen molar-refractivity contribution in [3.8, 4) is 0 Å². The number of carbonyl (C=O) groups is 1. The third kappa shape index (κ3) is 5.92. The molecule has 0 saturated heterocycles. The van der Waals surface area contributed by atoms with Gasteiger partial charge in [-0.1, -0.05) is 36.4 Å². The number of nitrogens with one attached hydrogen (secondary N) is 3. The molecule has 2 aromatic carbocycles. The smallest absolute Gasteiger partial charge is 0.315 e. The van der Waals surface area contributed by atoms with Crippen LogP contribution in [-0.4, -0.2) is 42.7 Å². The first-order valence-corrected chi connectivity index (χ1v) is 11.8. The van der Waals surface area contributed by atoms with E-state index in [0.29, 0.717) is 31.0 Å². The number of benzene rings is 2. The zero-order chi connectivity index (χ0) is 23.2. The van der Waals surface area contributed by atoms with Crippen molar-refractivity contribution in [1.82, 2.24) is 20.6 Å². The second-order valence-electron chi connectivity index (χ2n) is 9.13. The maximum atomic E-state index is 12.2. The summed E-state index contributed by atoms with van der Waals surface area (Å²) in [6, 6.07) is 16.5. The fourth-order valence-corrected chi connectivity index (χ4v) is 4.44. The number of carbonyl (C=O) groups excluding carboxylic acids is 1. The zero-order valence-electron chi connectivity index (χ0n) is 19.8. The maximum absolute atomic E-state index is 12.2. The molecule has 2 amide bonds. The van der Waals surface area contributed by atoms with Crippen molar-refractivity contribution in [3.05, 3.63) is 59.7 Å². The largest absolute Gasteiger partial charge is 0.362 e. The van der Waals surface area contributed by atoms with Gasteiger partial charge in [0.25, 0.3) is 0 Å². The maximum Gasteiger partial charge on any atom is 0.315 e. The van der Waals surface area contributed by atoms with Crippen molar-refractivity contribution in [3.63, 3.8) is 0 Å². The summed E-state index contributed by atoms with van der Waals surface area (Å²) in [5, 5.41) is 10.6. The number of aromatic nitrogens is 2. The number of aryl methyl sites for hydroxylation is 1. The fourth-order valence-electron chi connectivity index (χ4n) is 4.44. The molecule has 1 aliphatic carbocycles. The highest BCUT2D eigenvalue weighted by Gasteiger charge is 2.22. The topological polar surface area (TPSA) is 82.2 Å². The minimum Gasteiger partial charge on any atom is -0.362 e. The van der Waals surface area contributed by atoms with E-state index in [1.165, 1.54) is 5.56 Å². The Morgan fingerprint density at radius 3 is 2.45 bits per heavy atom. The first-order valence-electron chi connectivity index (χ1n) is 11.8. The highest BCUT2D eigenvalue weighted by molar-refractivity contribution is 5.90. The van der Waals surface area contributed by atoms with E-state index in [1.54, 1.807) is 0 Å². The van der Waals surface area contributed by atoms with Crippen LogP contribution in [0.4, 0.5) is 16.6 Å². The second kappa shape index (κ2) is 10.5. The van der Waals surface area contributed by atoms with Crippen molar-refractivity contribution in [2.45, 2.75) is 45.2 Å². The van der Waals surface area contributed by atoms with E-state index in [9.17, 15) is 4.79 Å². The number of fused-ring (bicyclic) bond motifs is 1. The molecule has 3 N–H and O–H groups in total. The van der Waals surface area contributed by atoms with E-state index in [1.807, 2.05) is 55.4 Å². The molecule has 0 atom stereocenters. The lowest BCUT2D eigenvalue weighted by Gasteiger charge is -2.29. The van der Waals surface area contributed by atoms with Crippen molar-refractivity contribution in [2.75, 3.05) is 30.9 Å². The normalized spacial score (nSPS) is 18.0. The molecule has 3 aromatic rings. The van der Waals surface area contributed by atoms with Gasteiger partial charge in [0.2, 0.25) is 5.95 Å². The van der Waals surface area contributed by atoms with Crippen LogP contribution in [0.5, 0.6) is 0 Å². The third-order valence-corrected chi connectivity index (χ3v) is 6.44. The molecule has 1 heterocycles. The molecule has 174 valence electrons. The molecule has 0 radical (unpaired) electrons. The molecule has 0 aliphatic heterocycles. The molecule has 0 unspecified atom stereocenters. The van der Waals surface area contributed by atoms with E-state index >= 15 is 0 Å². The minimum absolute atomic E-state index is 0.0979. The summed E-state index contributed by atoms with van der Waals surface area (Å²) < 4.78 is 0. The minimum atomic E-state index is -0.0979. The van der Waals surface area contributed by atoms with Crippen molar-refractivity contribution < 1.29 is 4.79 Å². The number of anilines is 2. The predicted molar refractivity (Wildman–Crippen MR) is 135 cm³/mol.